The van der Waals surface area contributed by atoms with Crippen molar-refractivity contribution in [1.82, 2.24) is 0 Å². The molecule has 0 bridgehead atoms. The number of hydrogen-bond acceptors (Lipinski definition) is 3. The summed E-state index contributed by atoms with van der Waals surface area (Å²) < 4.78 is 0. The zero-order valence-corrected chi connectivity index (χ0v) is 10.3. The minimum absolute atomic E-state index is 0.420. The van der Waals surface area contributed by atoms with Gasteiger partial charge in [-0.15, -0.1) is 0 Å². The number of anilines is 1. The quantitative estimate of drug-likeness (QED) is 0.744. The largest absolute Gasteiger partial charge is 0.320 e. The molecule has 2 aliphatic rings. The zero-order chi connectivity index (χ0) is 12.7. The van der Waals surface area contributed by atoms with Gasteiger partial charge in [-0.2, -0.15) is 5.06 Å². The van der Waals surface area contributed by atoms with Crippen LogP contribution in [-0.2, 0) is 11.2 Å². The summed E-state index contributed by atoms with van der Waals surface area (Å²) in [5.74, 6) is 0.215. The lowest BCUT2D eigenvalue weighted by Crippen LogP contribution is -2.47. The lowest BCUT2D eigenvalue weighted by Gasteiger charge is -2.28. The molecule has 1 aromatic carbocycles. The van der Waals surface area contributed by atoms with Gasteiger partial charge in [0.2, 0.25) is 0 Å². The Morgan fingerprint density at radius 3 is 2.72 bits per heavy atom. The Kier molecular flexibility index (Phi) is 2.84. The summed E-state index contributed by atoms with van der Waals surface area (Å²) in [6, 6.07) is 5.36. The van der Waals surface area contributed by atoms with E-state index in [2.05, 4.69) is 6.07 Å². The highest BCUT2D eigenvalue weighted by Gasteiger charge is 2.30. The number of hydrogen-bond donors (Lipinski definition) is 2. The predicted molar refractivity (Wildman–Crippen MR) is 68.6 cm³/mol. The molecule has 18 heavy (non-hydrogen) atoms. The fourth-order valence-corrected chi connectivity index (χ4v) is 3.09. The molecule has 4 nitrogen and oxygen atoms in total. The topological polar surface area (TPSA) is 66.6 Å². The first-order valence-electron chi connectivity index (χ1n) is 6.58. The average molecular weight is 246 g/mol. The van der Waals surface area contributed by atoms with Gasteiger partial charge < -0.3 is 5.73 Å². The van der Waals surface area contributed by atoms with Gasteiger partial charge in [-0.05, 0) is 42.4 Å². The van der Waals surface area contributed by atoms with Crippen LogP contribution in [0.3, 0.4) is 0 Å². The van der Waals surface area contributed by atoms with Gasteiger partial charge in [-0.1, -0.05) is 25.0 Å². The lowest BCUT2D eigenvalue weighted by molar-refractivity contribution is -0.125. The third-order valence-corrected chi connectivity index (χ3v) is 4.12. The number of amides is 1. The second-order valence-electron chi connectivity index (χ2n) is 5.33. The van der Waals surface area contributed by atoms with Crippen molar-refractivity contribution in [3.05, 3.63) is 29.3 Å². The number of benzene rings is 1. The van der Waals surface area contributed by atoms with Gasteiger partial charge in [0, 0.05) is 0 Å². The van der Waals surface area contributed by atoms with E-state index in [9.17, 15) is 10.0 Å². The van der Waals surface area contributed by atoms with Crippen LogP contribution in [0.1, 0.15) is 42.7 Å². The molecular weight excluding hydrogens is 228 g/mol. The minimum Gasteiger partial charge on any atom is -0.320 e. The van der Waals surface area contributed by atoms with Gasteiger partial charge in [-0.3, -0.25) is 10.0 Å². The molecule has 1 fully saturated rings. The molecule has 1 heterocycles. The molecular formula is C14H18N2O2. The molecule has 3 N–H and O–H groups in total. The van der Waals surface area contributed by atoms with E-state index in [0.29, 0.717) is 23.1 Å². The highest BCUT2D eigenvalue weighted by Crippen LogP contribution is 2.37. The SMILES string of the molecule is N[C@H]1Cc2cc(C3CCCC3)ccc2N(O)C1=O. The standard InChI is InChI=1S/C14H18N2O2/c15-12-8-11-7-10(9-3-1-2-4-9)5-6-13(11)16(18)14(12)17/h5-7,9,12,18H,1-4,8,15H2/t12-/m0/s1. The van der Waals surface area contributed by atoms with E-state index < -0.39 is 11.9 Å². The summed E-state index contributed by atoms with van der Waals surface area (Å²) in [5.41, 5.74) is 8.62. The summed E-state index contributed by atoms with van der Waals surface area (Å²) in [7, 11) is 0. The van der Waals surface area contributed by atoms with E-state index in [1.54, 1.807) is 0 Å². The normalized spacial score (nSPS) is 24.4. The molecule has 96 valence electrons. The Bertz CT molecular complexity index is 481. The van der Waals surface area contributed by atoms with Crippen LogP contribution in [0.2, 0.25) is 0 Å². The van der Waals surface area contributed by atoms with Gasteiger partial charge in [-0.25, -0.2) is 0 Å². The molecule has 1 aliphatic carbocycles. The van der Waals surface area contributed by atoms with Crippen molar-refractivity contribution in [3.8, 4) is 0 Å². The summed E-state index contributed by atoms with van der Waals surface area (Å²) in [6.45, 7) is 0. The first-order chi connectivity index (χ1) is 8.66. The molecule has 0 saturated heterocycles. The van der Waals surface area contributed by atoms with Crippen molar-refractivity contribution in [2.75, 3.05) is 5.06 Å². The summed E-state index contributed by atoms with van der Waals surface area (Å²) >= 11 is 0. The van der Waals surface area contributed by atoms with Crippen LogP contribution in [0.4, 0.5) is 5.69 Å². The Hall–Kier alpha value is -1.39. The lowest BCUT2D eigenvalue weighted by atomic mass is 9.91. The number of nitrogens with two attached hydrogens (primary N) is 1. The van der Waals surface area contributed by atoms with Crippen molar-refractivity contribution in [3.63, 3.8) is 0 Å². The molecule has 1 saturated carbocycles. The maximum atomic E-state index is 11.6. The van der Waals surface area contributed by atoms with E-state index in [0.717, 1.165) is 5.56 Å². The third kappa shape index (κ3) is 1.82. The van der Waals surface area contributed by atoms with Gasteiger partial charge >= 0.3 is 0 Å². The molecule has 0 unspecified atom stereocenters. The van der Waals surface area contributed by atoms with Gasteiger partial charge in [0.25, 0.3) is 5.91 Å². The summed E-state index contributed by atoms with van der Waals surface area (Å²) in [6.07, 6.45) is 5.60. The smallest absolute Gasteiger partial charge is 0.267 e. The van der Waals surface area contributed by atoms with E-state index in [4.69, 9.17) is 5.73 Å². The van der Waals surface area contributed by atoms with Crippen LogP contribution in [0.25, 0.3) is 0 Å². The van der Waals surface area contributed by atoms with Crippen LogP contribution < -0.4 is 10.8 Å². The van der Waals surface area contributed by atoms with Crippen LogP contribution >= 0.6 is 0 Å². The Morgan fingerprint density at radius 1 is 1.28 bits per heavy atom. The van der Waals surface area contributed by atoms with E-state index >= 15 is 0 Å². The van der Waals surface area contributed by atoms with E-state index in [-0.39, 0.29) is 0 Å². The molecule has 1 atom stereocenters. The van der Waals surface area contributed by atoms with Crippen molar-refractivity contribution in [2.45, 2.75) is 44.1 Å². The van der Waals surface area contributed by atoms with Crippen LogP contribution in [0.5, 0.6) is 0 Å². The van der Waals surface area contributed by atoms with Crippen molar-refractivity contribution in [1.29, 1.82) is 0 Å². The van der Waals surface area contributed by atoms with Crippen molar-refractivity contribution in [2.24, 2.45) is 5.73 Å². The Morgan fingerprint density at radius 2 is 2.00 bits per heavy atom. The third-order valence-electron chi connectivity index (χ3n) is 4.12. The Balaban J connectivity index is 1.95. The fraction of sp³-hybridized carbons (Fsp3) is 0.500. The first kappa shape index (κ1) is 11.7. The van der Waals surface area contributed by atoms with E-state index in [1.807, 2.05) is 12.1 Å². The molecule has 1 aliphatic heterocycles. The van der Waals surface area contributed by atoms with Crippen LogP contribution in [-0.4, -0.2) is 17.2 Å². The molecule has 0 spiro atoms. The average Bonchev–Trinajstić information content (AvgIpc) is 2.89. The first-order valence-corrected chi connectivity index (χ1v) is 6.58. The van der Waals surface area contributed by atoms with Crippen LogP contribution in [0, 0.1) is 0 Å². The number of carbonyl (C=O) groups is 1. The molecule has 3 rings (SSSR count). The Labute approximate surface area is 106 Å². The highest BCUT2D eigenvalue weighted by molar-refractivity contribution is 5.98. The fourth-order valence-electron chi connectivity index (χ4n) is 3.09. The maximum Gasteiger partial charge on any atom is 0.267 e. The number of fused-ring (bicyclic) bond motifs is 1. The van der Waals surface area contributed by atoms with Gasteiger partial charge in [0.15, 0.2) is 0 Å². The van der Waals surface area contributed by atoms with Crippen molar-refractivity contribution >= 4 is 11.6 Å². The summed E-state index contributed by atoms with van der Waals surface area (Å²) in [5, 5.41) is 10.5. The molecule has 0 aromatic heterocycles. The van der Waals surface area contributed by atoms with Gasteiger partial charge in [0.1, 0.15) is 0 Å². The molecule has 4 heteroatoms. The predicted octanol–water partition coefficient (Wildman–Crippen LogP) is 1.95. The number of nitrogens with zero attached hydrogens (tertiary/aromatic N) is 1. The summed E-state index contributed by atoms with van der Waals surface area (Å²) in [4.78, 5) is 11.6. The second kappa shape index (κ2) is 4.37. The number of carbonyl (C=O) groups excluding carboxylic acids is 1. The minimum atomic E-state index is -0.624. The molecule has 0 radical (unpaired) electrons. The van der Waals surface area contributed by atoms with Crippen molar-refractivity contribution < 1.29 is 10.0 Å². The molecule has 1 aromatic rings. The van der Waals surface area contributed by atoms with Gasteiger partial charge in [0.05, 0.1) is 11.7 Å². The number of rotatable bonds is 1. The van der Waals surface area contributed by atoms with E-state index in [1.165, 1.54) is 31.2 Å². The number of hydroxylamine groups is 1. The highest BCUT2D eigenvalue weighted by atomic mass is 16.5. The zero-order valence-electron chi connectivity index (χ0n) is 10.3. The maximum absolute atomic E-state index is 11.6. The monoisotopic (exact) mass is 246 g/mol. The molecule has 1 amide bonds. The van der Waals surface area contributed by atoms with Crippen LogP contribution in [0.15, 0.2) is 18.2 Å². The second-order valence-corrected chi connectivity index (χ2v) is 5.33.